The molecule has 0 aromatic heterocycles. The van der Waals surface area contributed by atoms with Crippen LogP contribution in [0.1, 0.15) is 15.9 Å². The topological polar surface area (TPSA) is 52.6 Å². The minimum atomic E-state index is -0.431. The zero-order valence-electron chi connectivity index (χ0n) is 12.5. The molecule has 120 valence electrons. The van der Waals surface area contributed by atoms with E-state index in [9.17, 15) is 9.59 Å². The minimum Gasteiger partial charge on any atom is -0.465 e. The molecule has 0 N–H and O–H groups in total. The van der Waals surface area contributed by atoms with Gasteiger partial charge in [-0.15, -0.1) is 11.8 Å². The van der Waals surface area contributed by atoms with E-state index in [2.05, 4.69) is 4.74 Å². The van der Waals surface area contributed by atoms with E-state index in [0.717, 1.165) is 5.56 Å². The second-order valence-electron chi connectivity index (χ2n) is 4.61. The summed E-state index contributed by atoms with van der Waals surface area (Å²) in [6, 6.07) is 13.7. The molecule has 2 aromatic rings. The Morgan fingerprint density at radius 1 is 1.13 bits per heavy atom. The molecule has 0 aliphatic rings. The van der Waals surface area contributed by atoms with Crippen LogP contribution in [0, 0.1) is 0 Å². The van der Waals surface area contributed by atoms with Crippen LogP contribution in [0.5, 0.6) is 5.75 Å². The second-order valence-corrected chi connectivity index (χ2v) is 6.03. The van der Waals surface area contributed by atoms with E-state index >= 15 is 0 Å². The number of thioether (sulfide) groups is 1. The Labute approximate surface area is 143 Å². The molecular weight excluding hydrogens is 336 g/mol. The van der Waals surface area contributed by atoms with Crippen LogP contribution < -0.4 is 4.74 Å². The molecule has 0 saturated carbocycles. The third-order valence-electron chi connectivity index (χ3n) is 2.88. The lowest BCUT2D eigenvalue weighted by molar-refractivity contribution is -0.131. The average molecular weight is 351 g/mol. The summed E-state index contributed by atoms with van der Waals surface area (Å²) in [6.45, 7) is 0. The first-order valence-electron chi connectivity index (χ1n) is 6.80. The lowest BCUT2D eigenvalue weighted by Gasteiger charge is -2.05. The molecule has 23 heavy (non-hydrogen) atoms. The number of benzene rings is 2. The normalized spacial score (nSPS) is 10.2. The summed E-state index contributed by atoms with van der Waals surface area (Å²) in [6.07, 6.45) is 0. The van der Waals surface area contributed by atoms with Gasteiger partial charge in [-0.3, -0.25) is 4.79 Å². The van der Waals surface area contributed by atoms with Gasteiger partial charge >= 0.3 is 11.9 Å². The van der Waals surface area contributed by atoms with Crippen LogP contribution in [0.2, 0.25) is 5.02 Å². The number of carbonyl (C=O) groups is 2. The SMILES string of the molecule is COC(=O)c1ccc(OC(=O)CSCc2cccc(Cl)c2)cc1. The summed E-state index contributed by atoms with van der Waals surface area (Å²) in [5.74, 6) is 0.524. The van der Waals surface area contributed by atoms with Crippen molar-refractivity contribution in [1.29, 1.82) is 0 Å². The maximum absolute atomic E-state index is 11.8. The van der Waals surface area contributed by atoms with E-state index in [1.54, 1.807) is 24.3 Å². The molecule has 0 radical (unpaired) electrons. The number of hydrogen-bond acceptors (Lipinski definition) is 5. The van der Waals surface area contributed by atoms with Crippen molar-refractivity contribution in [2.24, 2.45) is 0 Å². The molecule has 6 heteroatoms. The lowest BCUT2D eigenvalue weighted by Crippen LogP contribution is -2.11. The number of methoxy groups -OCH3 is 1. The van der Waals surface area contributed by atoms with Gasteiger partial charge in [-0.1, -0.05) is 23.7 Å². The number of rotatable bonds is 6. The van der Waals surface area contributed by atoms with Crippen molar-refractivity contribution in [3.8, 4) is 5.75 Å². The molecule has 0 fully saturated rings. The van der Waals surface area contributed by atoms with E-state index in [0.29, 0.717) is 22.1 Å². The molecule has 0 unspecified atom stereocenters. The van der Waals surface area contributed by atoms with Gasteiger partial charge in [0, 0.05) is 10.8 Å². The quantitative estimate of drug-likeness (QED) is 0.583. The van der Waals surface area contributed by atoms with Crippen molar-refractivity contribution < 1.29 is 19.1 Å². The number of esters is 2. The molecule has 0 atom stereocenters. The third-order valence-corrected chi connectivity index (χ3v) is 4.10. The first-order valence-corrected chi connectivity index (χ1v) is 8.33. The van der Waals surface area contributed by atoms with Gasteiger partial charge in [-0.25, -0.2) is 4.79 Å². The zero-order chi connectivity index (χ0) is 16.7. The molecule has 4 nitrogen and oxygen atoms in total. The first-order chi connectivity index (χ1) is 11.1. The molecule has 0 heterocycles. The van der Waals surface area contributed by atoms with Crippen LogP contribution in [-0.4, -0.2) is 24.8 Å². The zero-order valence-corrected chi connectivity index (χ0v) is 14.0. The van der Waals surface area contributed by atoms with Crippen LogP contribution in [0.4, 0.5) is 0 Å². The van der Waals surface area contributed by atoms with Crippen LogP contribution in [-0.2, 0) is 15.3 Å². The van der Waals surface area contributed by atoms with Gasteiger partial charge < -0.3 is 9.47 Å². The summed E-state index contributed by atoms with van der Waals surface area (Å²) in [5, 5.41) is 0.677. The van der Waals surface area contributed by atoms with Gasteiger partial charge in [0.1, 0.15) is 5.75 Å². The standard InChI is InChI=1S/C17H15ClO4S/c1-21-17(20)13-5-7-15(8-6-13)22-16(19)11-23-10-12-3-2-4-14(18)9-12/h2-9H,10-11H2,1H3. The molecule has 0 amide bonds. The summed E-state index contributed by atoms with van der Waals surface area (Å²) in [4.78, 5) is 23.1. The molecule has 0 saturated heterocycles. The van der Waals surface area contributed by atoms with Crippen molar-refractivity contribution in [1.82, 2.24) is 0 Å². The Morgan fingerprint density at radius 2 is 1.87 bits per heavy atom. The van der Waals surface area contributed by atoms with Crippen LogP contribution in [0.3, 0.4) is 0 Å². The third kappa shape index (κ3) is 5.62. The fraction of sp³-hybridized carbons (Fsp3) is 0.176. The highest BCUT2D eigenvalue weighted by Crippen LogP contribution is 2.18. The van der Waals surface area contributed by atoms with Crippen molar-refractivity contribution in [3.05, 3.63) is 64.7 Å². The smallest absolute Gasteiger partial charge is 0.337 e. The highest BCUT2D eigenvalue weighted by Gasteiger charge is 2.08. The van der Waals surface area contributed by atoms with Crippen molar-refractivity contribution in [3.63, 3.8) is 0 Å². The monoisotopic (exact) mass is 350 g/mol. The van der Waals surface area contributed by atoms with Gasteiger partial charge in [0.15, 0.2) is 0 Å². The molecular formula is C17H15ClO4S. The Bertz CT molecular complexity index is 685. The minimum absolute atomic E-state index is 0.227. The predicted octanol–water partition coefficient (Wildman–Crippen LogP) is 3.97. The summed E-state index contributed by atoms with van der Waals surface area (Å²) in [7, 11) is 1.31. The van der Waals surface area contributed by atoms with E-state index < -0.39 is 5.97 Å². The van der Waals surface area contributed by atoms with Crippen molar-refractivity contribution in [2.75, 3.05) is 12.9 Å². The van der Waals surface area contributed by atoms with E-state index in [1.807, 2.05) is 24.3 Å². The largest absolute Gasteiger partial charge is 0.465 e. The van der Waals surface area contributed by atoms with E-state index in [4.69, 9.17) is 16.3 Å². The summed E-state index contributed by atoms with van der Waals surface area (Å²) >= 11 is 7.35. The van der Waals surface area contributed by atoms with E-state index in [1.165, 1.54) is 18.9 Å². The Kier molecular flexibility index (Phi) is 6.50. The first kappa shape index (κ1) is 17.4. The Balaban J connectivity index is 1.79. The maximum atomic E-state index is 11.8. The highest BCUT2D eigenvalue weighted by atomic mass is 35.5. The molecule has 0 aliphatic carbocycles. The molecule has 0 aliphatic heterocycles. The fourth-order valence-electron chi connectivity index (χ4n) is 1.82. The van der Waals surface area contributed by atoms with Gasteiger partial charge in [-0.05, 0) is 42.0 Å². The fourth-order valence-corrected chi connectivity index (χ4v) is 2.77. The average Bonchev–Trinajstić information content (AvgIpc) is 2.55. The summed E-state index contributed by atoms with van der Waals surface area (Å²) < 4.78 is 9.81. The summed E-state index contributed by atoms with van der Waals surface area (Å²) in [5.41, 5.74) is 1.46. The van der Waals surface area contributed by atoms with Crippen LogP contribution in [0.25, 0.3) is 0 Å². The molecule has 0 spiro atoms. The molecule has 2 aromatic carbocycles. The van der Waals surface area contributed by atoms with Crippen LogP contribution >= 0.6 is 23.4 Å². The number of ether oxygens (including phenoxy) is 2. The van der Waals surface area contributed by atoms with Crippen molar-refractivity contribution >= 4 is 35.3 Å². The predicted molar refractivity (Wildman–Crippen MR) is 91.0 cm³/mol. The van der Waals surface area contributed by atoms with Gasteiger partial charge in [0.25, 0.3) is 0 Å². The van der Waals surface area contributed by atoms with Gasteiger partial charge in [0.2, 0.25) is 0 Å². The Morgan fingerprint density at radius 3 is 2.52 bits per heavy atom. The molecule has 0 bridgehead atoms. The number of halogens is 1. The van der Waals surface area contributed by atoms with Crippen LogP contribution in [0.15, 0.2) is 48.5 Å². The highest BCUT2D eigenvalue weighted by molar-refractivity contribution is 7.99. The van der Waals surface area contributed by atoms with Gasteiger partial charge in [0.05, 0.1) is 18.4 Å². The lowest BCUT2D eigenvalue weighted by atomic mass is 10.2. The maximum Gasteiger partial charge on any atom is 0.337 e. The van der Waals surface area contributed by atoms with Crippen molar-refractivity contribution in [2.45, 2.75) is 5.75 Å². The molecule has 2 rings (SSSR count). The Hall–Kier alpha value is -1.98. The van der Waals surface area contributed by atoms with E-state index in [-0.39, 0.29) is 11.7 Å². The number of hydrogen-bond donors (Lipinski definition) is 0. The van der Waals surface area contributed by atoms with Gasteiger partial charge in [-0.2, -0.15) is 0 Å². The second kappa shape index (κ2) is 8.60. The number of carbonyl (C=O) groups excluding carboxylic acids is 2.